The highest BCUT2D eigenvalue weighted by Crippen LogP contribution is 2.29. The number of carbonyl (C=O) groups excluding carboxylic acids is 7. The molecule has 92 heavy (non-hydrogen) atoms. The number of amides is 6. The standard InChI is InChI=1S/C33H43F3N4O6S.C31H39F3N4O6S/c1-7-45-31(43)28(19(2)3)38-22-10-8-20(9-11-22)18-37-29(42)30-40(12-13-47-30)27(41)16-23(39-32(44)46-33(4,5)6)14-21-15-25(35)26(36)17-24(21)34;1-17(2)26(29(41)42)36-20-8-6-18(7-9-20)16-35-27(40)28-38(10-11-45-28)25(39)14-21(37-30(43)44-31(3,4)5)12-19-13-23(33)24(34)15-22(19)32/h8-11,15,17,19,23,28,30,38H,7,12-14,16,18H2,1-6H3,(H,37,42)(H,39,44);6-9,13,15,17,21,26,28,36H,10-12,14,16H2,1-5H3,(H,35,40)(H,37,43)(H,41,42)/t23?,28-,30-;21?,26-,28-/m00/s1. The number of nitrogens with one attached hydrogen (secondary N) is 6. The highest BCUT2D eigenvalue weighted by atomic mass is 32.2. The first kappa shape index (κ1) is 74.8. The van der Waals surface area contributed by atoms with E-state index in [9.17, 15) is 69.8 Å². The minimum atomic E-state index is -1.36. The van der Waals surface area contributed by atoms with Crippen molar-refractivity contribution in [1.82, 2.24) is 31.1 Å². The van der Waals surface area contributed by atoms with E-state index in [0.29, 0.717) is 47.1 Å². The monoisotopic (exact) mass is 1330 g/mol. The summed E-state index contributed by atoms with van der Waals surface area (Å²) in [6.07, 6.45) is -3.11. The number of anilines is 2. The van der Waals surface area contributed by atoms with Gasteiger partial charge in [-0.15, -0.1) is 23.5 Å². The van der Waals surface area contributed by atoms with Crippen molar-refractivity contribution in [3.63, 3.8) is 0 Å². The Morgan fingerprint density at radius 1 is 0.554 bits per heavy atom. The molecule has 0 aliphatic carbocycles. The highest BCUT2D eigenvalue weighted by Gasteiger charge is 2.38. The summed E-state index contributed by atoms with van der Waals surface area (Å²) in [4.78, 5) is 105. The predicted molar refractivity (Wildman–Crippen MR) is 337 cm³/mol. The van der Waals surface area contributed by atoms with E-state index in [1.54, 1.807) is 111 Å². The van der Waals surface area contributed by atoms with Crippen molar-refractivity contribution in [2.24, 2.45) is 11.8 Å². The van der Waals surface area contributed by atoms with Crippen molar-refractivity contribution >= 4 is 82.7 Å². The third-order valence-corrected chi connectivity index (χ3v) is 16.3. The van der Waals surface area contributed by atoms with Gasteiger partial charge in [-0.05, 0) is 132 Å². The summed E-state index contributed by atoms with van der Waals surface area (Å²) in [6.45, 7) is 20.2. The Morgan fingerprint density at radius 3 is 1.25 bits per heavy atom. The first-order chi connectivity index (χ1) is 43.1. The lowest BCUT2D eigenvalue weighted by molar-refractivity contribution is -0.145. The normalized spacial score (nSPS) is 16.1. The van der Waals surface area contributed by atoms with Gasteiger partial charge in [-0.3, -0.25) is 19.2 Å². The number of carboxylic acid groups (broad SMARTS) is 1. The molecule has 7 N–H and O–H groups in total. The molecule has 4 aromatic rings. The van der Waals surface area contributed by atoms with E-state index < -0.39 is 123 Å². The number of carboxylic acids is 1. The molecular weight excluding hydrogens is 1250 g/mol. The molecule has 0 spiro atoms. The molecule has 0 aromatic heterocycles. The van der Waals surface area contributed by atoms with Crippen LogP contribution in [0.1, 0.15) is 111 Å². The summed E-state index contributed by atoms with van der Waals surface area (Å²) in [5, 5.41) is 24.5. The van der Waals surface area contributed by atoms with Crippen LogP contribution in [0.5, 0.6) is 0 Å². The van der Waals surface area contributed by atoms with E-state index in [-0.39, 0.29) is 87.4 Å². The topological polar surface area (TPSA) is 263 Å². The molecule has 2 saturated heterocycles. The fourth-order valence-electron chi connectivity index (χ4n) is 9.40. The summed E-state index contributed by atoms with van der Waals surface area (Å²) < 4.78 is 99.4. The second-order valence-corrected chi connectivity index (χ2v) is 26.9. The van der Waals surface area contributed by atoms with Crippen molar-refractivity contribution in [2.75, 3.05) is 41.8 Å². The largest absolute Gasteiger partial charge is 0.480 e. The molecule has 0 saturated carbocycles. The number of alkyl carbamates (subject to hydrolysis) is 2. The number of hydrogen-bond donors (Lipinski definition) is 7. The highest BCUT2D eigenvalue weighted by molar-refractivity contribution is 8.01. The van der Waals surface area contributed by atoms with Crippen LogP contribution in [0.15, 0.2) is 72.8 Å². The lowest BCUT2D eigenvalue weighted by atomic mass is 10.0. The first-order valence-corrected chi connectivity index (χ1v) is 31.9. The molecule has 2 fully saturated rings. The third-order valence-electron chi connectivity index (χ3n) is 13.9. The fraction of sp³-hybridized carbons (Fsp3) is 0.500. The number of hydrogen-bond acceptors (Lipinski definition) is 15. The molecule has 20 nitrogen and oxygen atoms in total. The lowest BCUT2D eigenvalue weighted by Gasteiger charge is -2.27. The third kappa shape index (κ3) is 23.7. The average molecular weight is 1330 g/mol. The molecule has 2 aliphatic rings. The summed E-state index contributed by atoms with van der Waals surface area (Å²) in [7, 11) is 0. The molecule has 2 heterocycles. The summed E-state index contributed by atoms with van der Waals surface area (Å²) >= 11 is 2.54. The Kier molecular flexibility index (Phi) is 27.8. The number of rotatable bonds is 25. The molecule has 6 amide bonds. The van der Waals surface area contributed by atoms with Crippen LogP contribution in [-0.2, 0) is 68.9 Å². The summed E-state index contributed by atoms with van der Waals surface area (Å²) in [5.41, 5.74) is 0.670. The van der Waals surface area contributed by atoms with Gasteiger partial charge in [0.1, 0.15) is 34.9 Å². The SMILES string of the molecule is CC(C)[C@H](Nc1ccc(CNC(=O)[C@@H]2SCCN2C(=O)CC(Cc2cc(F)c(F)cc2F)NC(=O)OC(C)(C)C)cc1)C(=O)O.CCOC(=O)[C@@H](Nc1ccc(CNC(=O)[C@@H]2SCCN2C(=O)CC(Cc2cc(F)c(F)cc2F)NC(=O)OC(C)(C)C)cc1)C(C)C. The van der Waals surface area contributed by atoms with Gasteiger partial charge in [-0.25, -0.2) is 45.5 Å². The van der Waals surface area contributed by atoms with E-state index in [4.69, 9.17) is 14.2 Å². The van der Waals surface area contributed by atoms with Crippen LogP contribution in [0.3, 0.4) is 0 Å². The predicted octanol–water partition coefficient (Wildman–Crippen LogP) is 9.82. The van der Waals surface area contributed by atoms with Gasteiger partial charge >= 0.3 is 24.1 Å². The molecule has 504 valence electrons. The van der Waals surface area contributed by atoms with Crippen LogP contribution >= 0.6 is 23.5 Å². The van der Waals surface area contributed by atoms with Crippen molar-refractivity contribution in [3.8, 4) is 0 Å². The number of esters is 1. The number of nitrogens with zero attached hydrogens (tertiary/aromatic N) is 2. The molecule has 4 aromatic carbocycles. The molecule has 2 aliphatic heterocycles. The van der Waals surface area contributed by atoms with Crippen LogP contribution in [0.4, 0.5) is 47.3 Å². The summed E-state index contributed by atoms with van der Waals surface area (Å²) in [6, 6.07) is 12.9. The number of carbonyl (C=O) groups is 8. The van der Waals surface area contributed by atoms with Gasteiger partial charge in [-0.2, -0.15) is 0 Å². The van der Waals surface area contributed by atoms with Crippen molar-refractivity contribution in [1.29, 1.82) is 0 Å². The fourth-order valence-corrected chi connectivity index (χ4v) is 11.7. The molecule has 6 rings (SSSR count). The number of aliphatic carboxylic acids is 1. The molecule has 6 atom stereocenters. The Hall–Kier alpha value is -7.88. The quantitative estimate of drug-likeness (QED) is 0.0141. The van der Waals surface area contributed by atoms with Gasteiger partial charge in [0.2, 0.25) is 11.8 Å². The van der Waals surface area contributed by atoms with Gasteiger partial charge in [0.25, 0.3) is 11.8 Å². The van der Waals surface area contributed by atoms with E-state index in [0.717, 1.165) is 11.1 Å². The molecule has 0 radical (unpaired) electrons. The van der Waals surface area contributed by atoms with Gasteiger partial charge in [0.15, 0.2) is 34.0 Å². The van der Waals surface area contributed by atoms with Crippen molar-refractivity contribution in [3.05, 3.63) is 130 Å². The smallest absolute Gasteiger partial charge is 0.407 e. The van der Waals surface area contributed by atoms with Gasteiger partial charge in [0, 0.05) is 86.1 Å². The maximum absolute atomic E-state index is 14.5. The van der Waals surface area contributed by atoms with E-state index >= 15 is 0 Å². The lowest BCUT2D eigenvalue weighted by Crippen LogP contribution is -2.48. The van der Waals surface area contributed by atoms with Gasteiger partial charge < -0.3 is 61.0 Å². The Morgan fingerprint density at radius 2 is 0.913 bits per heavy atom. The van der Waals surface area contributed by atoms with Crippen LogP contribution in [0.2, 0.25) is 0 Å². The van der Waals surface area contributed by atoms with E-state index in [1.165, 1.54) is 33.3 Å². The van der Waals surface area contributed by atoms with Crippen molar-refractivity contribution in [2.45, 2.75) is 161 Å². The number of benzene rings is 4. The molecule has 0 bridgehead atoms. The number of thioether (sulfide) groups is 2. The van der Waals surface area contributed by atoms with Crippen LogP contribution in [0.25, 0.3) is 0 Å². The Labute approximate surface area is 540 Å². The average Bonchev–Trinajstić information content (AvgIpc) is 1.54. The minimum absolute atomic E-state index is 0.00183. The molecule has 2 unspecified atom stereocenters. The summed E-state index contributed by atoms with van der Waals surface area (Å²) in [5.74, 6) is -9.58. The van der Waals surface area contributed by atoms with Crippen LogP contribution in [-0.4, -0.2) is 140 Å². The first-order valence-electron chi connectivity index (χ1n) is 29.9. The maximum atomic E-state index is 14.5. The maximum Gasteiger partial charge on any atom is 0.407 e. The second kappa shape index (κ2) is 34.1. The van der Waals surface area contributed by atoms with Gasteiger partial charge in [-0.1, -0.05) is 52.0 Å². The van der Waals surface area contributed by atoms with Crippen LogP contribution in [0, 0.1) is 46.7 Å². The zero-order valence-corrected chi connectivity index (χ0v) is 54.9. The van der Waals surface area contributed by atoms with Crippen LogP contribution < -0.4 is 31.9 Å². The Balaban J connectivity index is 0.000000334. The van der Waals surface area contributed by atoms with Gasteiger partial charge in [0.05, 0.1) is 6.61 Å². The Bertz CT molecular complexity index is 3230. The van der Waals surface area contributed by atoms with E-state index in [1.807, 2.05) is 13.8 Å². The zero-order valence-electron chi connectivity index (χ0n) is 53.2. The number of ether oxygens (including phenoxy) is 3. The molecular formula is C64H82F6N8O12S2. The minimum Gasteiger partial charge on any atom is -0.480 e. The molecule has 28 heteroatoms. The van der Waals surface area contributed by atoms with E-state index in [2.05, 4.69) is 31.9 Å². The second-order valence-electron chi connectivity index (χ2n) is 24.5. The number of halogens is 6. The zero-order chi connectivity index (χ0) is 68.4. The van der Waals surface area contributed by atoms with Crippen molar-refractivity contribution < 1.29 is 84.0 Å².